The molecule has 1 aliphatic heterocycles. The van der Waals surface area contributed by atoms with Crippen molar-refractivity contribution in [1.82, 2.24) is 15.5 Å². The van der Waals surface area contributed by atoms with Crippen molar-refractivity contribution in [3.05, 3.63) is 65.7 Å². The number of carbonyl (C=O) groups is 1. The highest BCUT2D eigenvalue weighted by molar-refractivity contribution is 5.84. The molecule has 0 saturated carbocycles. The van der Waals surface area contributed by atoms with Gasteiger partial charge in [-0.3, -0.25) is 10.2 Å². The van der Waals surface area contributed by atoms with E-state index < -0.39 is 6.09 Å². The maximum absolute atomic E-state index is 11.3. The summed E-state index contributed by atoms with van der Waals surface area (Å²) in [6.07, 6.45) is 1.96. The average molecular weight is 424 g/mol. The predicted molar refractivity (Wildman–Crippen MR) is 125 cm³/mol. The van der Waals surface area contributed by atoms with Crippen LogP contribution in [0.1, 0.15) is 30.9 Å². The Morgan fingerprint density at radius 1 is 1.10 bits per heavy atom. The molecule has 3 rings (SSSR count). The Morgan fingerprint density at radius 2 is 1.87 bits per heavy atom. The van der Waals surface area contributed by atoms with E-state index in [1.54, 1.807) is 0 Å². The summed E-state index contributed by atoms with van der Waals surface area (Å²) in [4.78, 5) is 18.6. The second-order valence-corrected chi connectivity index (χ2v) is 7.64. The van der Waals surface area contributed by atoms with Crippen LogP contribution in [0, 0.1) is 0 Å². The lowest BCUT2D eigenvalue weighted by molar-refractivity contribution is 0.187. The van der Waals surface area contributed by atoms with Crippen LogP contribution in [-0.4, -0.2) is 49.7 Å². The second-order valence-electron chi connectivity index (χ2n) is 7.64. The highest BCUT2D eigenvalue weighted by atomic mass is 16.5. The summed E-state index contributed by atoms with van der Waals surface area (Å²) in [5.74, 6) is 0.825. The smallest absolute Gasteiger partial charge is 0.411 e. The van der Waals surface area contributed by atoms with Crippen LogP contribution in [-0.2, 0) is 17.8 Å². The molecule has 3 N–H and O–H groups in total. The molecule has 7 nitrogen and oxygen atoms in total. The Morgan fingerprint density at radius 3 is 2.58 bits per heavy atom. The summed E-state index contributed by atoms with van der Waals surface area (Å²) in [5, 5.41) is 9.50. The number of rotatable bonds is 8. The van der Waals surface area contributed by atoms with E-state index in [4.69, 9.17) is 4.99 Å². The van der Waals surface area contributed by atoms with E-state index in [0.29, 0.717) is 18.3 Å². The number of amides is 1. The first-order valence-electron chi connectivity index (χ1n) is 10.9. The highest BCUT2D eigenvalue weighted by Crippen LogP contribution is 2.19. The molecule has 166 valence electrons. The lowest BCUT2D eigenvalue weighted by atomic mass is 10.2. The molecule has 0 aromatic heterocycles. The number of nitrogens with zero attached hydrogens (tertiary/aromatic N) is 2. The third-order valence-electron chi connectivity index (χ3n) is 5.38. The molecule has 1 unspecified atom stereocenters. The zero-order chi connectivity index (χ0) is 21.9. The lowest BCUT2D eigenvalue weighted by Gasteiger charge is -2.25. The van der Waals surface area contributed by atoms with Gasteiger partial charge in [-0.15, -0.1) is 0 Å². The van der Waals surface area contributed by atoms with Crippen LogP contribution in [0.4, 0.5) is 10.5 Å². The van der Waals surface area contributed by atoms with Gasteiger partial charge in [-0.2, -0.15) is 0 Å². The number of methoxy groups -OCH3 is 1. The van der Waals surface area contributed by atoms with Crippen molar-refractivity contribution in [3.63, 3.8) is 0 Å². The molecule has 1 fully saturated rings. The molecule has 1 amide bonds. The van der Waals surface area contributed by atoms with Crippen molar-refractivity contribution in [2.45, 2.75) is 38.9 Å². The summed E-state index contributed by atoms with van der Waals surface area (Å²) in [7, 11) is 1.35. The third kappa shape index (κ3) is 7.29. The summed E-state index contributed by atoms with van der Waals surface area (Å²) >= 11 is 0. The van der Waals surface area contributed by atoms with Crippen molar-refractivity contribution in [1.29, 1.82) is 0 Å². The number of likely N-dealkylation sites (tertiary alicyclic amines) is 1. The van der Waals surface area contributed by atoms with E-state index in [9.17, 15) is 4.79 Å². The minimum absolute atomic E-state index is 0.474. The number of anilines is 1. The predicted octanol–water partition coefficient (Wildman–Crippen LogP) is 3.58. The van der Waals surface area contributed by atoms with Crippen LogP contribution in [0.2, 0.25) is 0 Å². The van der Waals surface area contributed by atoms with Crippen molar-refractivity contribution in [3.8, 4) is 0 Å². The van der Waals surface area contributed by atoms with Crippen LogP contribution in [0.25, 0.3) is 0 Å². The zero-order valence-corrected chi connectivity index (χ0v) is 18.4. The lowest BCUT2D eigenvalue weighted by Crippen LogP contribution is -2.44. The van der Waals surface area contributed by atoms with Gasteiger partial charge in [0.25, 0.3) is 0 Å². The van der Waals surface area contributed by atoms with Gasteiger partial charge in [-0.1, -0.05) is 42.5 Å². The first kappa shape index (κ1) is 22.6. The molecule has 0 bridgehead atoms. The first-order chi connectivity index (χ1) is 15.2. The Labute approximate surface area is 184 Å². The molecule has 31 heavy (non-hydrogen) atoms. The molecule has 1 heterocycles. The molecule has 1 atom stereocenters. The maximum atomic E-state index is 11.3. The normalized spacial score (nSPS) is 16.7. The summed E-state index contributed by atoms with van der Waals surface area (Å²) in [5.41, 5.74) is 3.13. The Hall–Kier alpha value is -3.06. The maximum Gasteiger partial charge on any atom is 0.411 e. The number of carbonyl (C=O) groups excluding carboxylic acids is 1. The molecule has 1 saturated heterocycles. The van der Waals surface area contributed by atoms with E-state index in [2.05, 4.69) is 62.8 Å². The molecular weight excluding hydrogens is 390 g/mol. The second kappa shape index (κ2) is 12.0. The van der Waals surface area contributed by atoms with Gasteiger partial charge in [0.05, 0.1) is 13.7 Å². The van der Waals surface area contributed by atoms with Crippen LogP contribution >= 0.6 is 0 Å². The number of ether oxygens (including phenoxy) is 1. The van der Waals surface area contributed by atoms with Gasteiger partial charge in [0.2, 0.25) is 0 Å². The van der Waals surface area contributed by atoms with Crippen molar-refractivity contribution in [2.24, 2.45) is 4.99 Å². The molecule has 0 spiro atoms. The number of hydrogen-bond donors (Lipinski definition) is 3. The highest BCUT2D eigenvalue weighted by Gasteiger charge is 2.24. The number of guanidine groups is 1. The third-order valence-corrected chi connectivity index (χ3v) is 5.38. The fraction of sp³-hybridized carbons (Fsp3) is 0.417. The van der Waals surface area contributed by atoms with E-state index in [1.807, 2.05) is 24.3 Å². The molecular formula is C24H33N5O2. The van der Waals surface area contributed by atoms with Gasteiger partial charge < -0.3 is 15.4 Å². The molecule has 7 heteroatoms. The van der Waals surface area contributed by atoms with Gasteiger partial charge in [-0.05, 0) is 49.6 Å². The van der Waals surface area contributed by atoms with Gasteiger partial charge in [0.15, 0.2) is 5.96 Å². The minimum Gasteiger partial charge on any atom is -0.453 e. The van der Waals surface area contributed by atoms with E-state index >= 15 is 0 Å². The van der Waals surface area contributed by atoms with E-state index in [0.717, 1.165) is 37.7 Å². The Bertz CT molecular complexity index is 839. The number of nitrogens with one attached hydrogen (secondary N) is 3. The topological polar surface area (TPSA) is 78.0 Å². The zero-order valence-electron chi connectivity index (χ0n) is 18.4. The molecule has 0 aliphatic carbocycles. The largest absolute Gasteiger partial charge is 0.453 e. The van der Waals surface area contributed by atoms with Crippen LogP contribution in [0.3, 0.4) is 0 Å². The molecule has 0 radical (unpaired) electrons. The average Bonchev–Trinajstić information content (AvgIpc) is 3.24. The fourth-order valence-corrected chi connectivity index (χ4v) is 3.74. The van der Waals surface area contributed by atoms with Crippen molar-refractivity contribution >= 4 is 17.7 Å². The van der Waals surface area contributed by atoms with Crippen LogP contribution in [0.5, 0.6) is 0 Å². The molecule has 2 aromatic rings. The van der Waals surface area contributed by atoms with Gasteiger partial charge in [-0.25, -0.2) is 9.79 Å². The SMILES string of the molecule is CCNC(=NCc1ccc(NC(=O)OC)cc1)NCC1CCCN1Cc1ccccc1. The standard InChI is InChI=1S/C24H33N5O2/c1-3-25-23(26-16-19-11-13-21(14-12-19)28-24(30)31-2)27-17-22-10-7-15-29(22)18-20-8-5-4-6-9-20/h4-6,8-9,11-14,22H,3,7,10,15-18H2,1-2H3,(H,28,30)(H2,25,26,27). The number of aliphatic imine (C=N–C) groups is 1. The fourth-order valence-electron chi connectivity index (χ4n) is 3.74. The van der Waals surface area contributed by atoms with E-state index in [-0.39, 0.29) is 0 Å². The summed E-state index contributed by atoms with van der Waals surface area (Å²) in [6.45, 7) is 6.45. The Kier molecular flexibility index (Phi) is 8.72. The molecule has 1 aliphatic rings. The van der Waals surface area contributed by atoms with Crippen LogP contribution in [0.15, 0.2) is 59.6 Å². The monoisotopic (exact) mass is 423 g/mol. The first-order valence-corrected chi connectivity index (χ1v) is 10.9. The van der Waals surface area contributed by atoms with Crippen LogP contribution < -0.4 is 16.0 Å². The van der Waals surface area contributed by atoms with E-state index in [1.165, 1.54) is 25.5 Å². The van der Waals surface area contributed by atoms with Gasteiger partial charge in [0.1, 0.15) is 0 Å². The van der Waals surface area contributed by atoms with Crippen molar-refractivity contribution < 1.29 is 9.53 Å². The number of benzene rings is 2. The summed E-state index contributed by atoms with van der Waals surface area (Å²) in [6, 6.07) is 18.8. The van der Waals surface area contributed by atoms with Gasteiger partial charge >= 0.3 is 6.09 Å². The molecule has 2 aromatic carbocycles. The Balaban J connectivity index is 1.52. The quantitative estimate of drug-likeness (QED) is 0.447. The minimum atomic E-state index is -0.474. The summed E-state index contributed by atoms with van der Waals surface area (Å²) < 4.78 is 4.61. The number of hydrogen-bond acceptors (Lipinski definition) is 4. The van der Waals surface area contributed by atoms with Crippen molar-refractivity contribution in [2.75, 3.05) is 32.1 Å². The van der Waals surface area contributed by atoms with Gasteiger partial charge in [0, 0.05) is 31.4 Å².